The number of anilines is 2. The topological polar surface area (TPSA) is 74.7 Å². The Morgan fingerprint density at radius 2 is 1.62 bits per heavy atom. The monoisotopic (exact) mass is 305 g/mol. The Kier molecular flexibility index (Phi) is 3.99. The minimum Gasteiger partial charge on any atom is -0.478 e. The van der Waals surface area contributed by atoms with Crippen LogP contribution in [0.25, 0.3) is 0 Å². The van der Waals surface area contributed by atoms with Gasteiger partial charge in [0.05, 0.1) is 16.1 Å². The summed E-state index contributed by atoms with van der Waals surface area (Å²) in [4.78, 5) is 12.8. The highest BCUT2D eigenvalue weighted by Crippen LogP contribution is 2.29. The minimum atomic E-state index is -3.34. The number of rotatable bonds is 4. The second kappa shape index (κ2) is 5.57. The molecule has 0 saturated heterocycles. The summed E-state index contributed by atoms with van der Waals surface area (Å²) in [5.74, 6) is -0.999. The number of hydrogen-bond acceptors (Lipinski definition) is 4. The lowest BCUT2D eigenvalue weighted by Gasteiger charge is -2.22. The van der Waals surface area contributed by atoms with Gasteiger partial charge in [-0.3, -0.25) is 0 Å². The molecule has 110 valence electrons. The van der Waals surface area contributed by atoms with Crippen LogP contribution < -0.4 is 4.90 Å². The smallest absolute Gasteiger partial charge is 0.335 e. The SMILES string of the molecule is CN(c1ccc(C(=O)O)cc1)c1ccccc1S(C)(=O)=O. The number of aromatic carboxylic acids is 1. The first-order valence-corrected chi connectivity index (χ1v) is 8.06. The largest absolute Gasteiger partial charge is 0.478 e. The van der Waals surface area contributed by atoms with E-state index in [1.807, 2.05) is 0 Å². The van der Waals surface area contributed by atoms with Gasteiger partial charge in [0.15, 0.2) is 9.84 Å². The maximum absolute atomic E-state index is 11.8. The molecule has 0 radical (unpaired) electrons. The normalized spacial score (nSPS) is 11.1. The molecule has 0 bridgehead atoms. The molecule has 0 aliphatic heterocycles. The third kappa shape index (κ3) is 3.22. The molecule has 0 aromatic heterocycles. The molecule has 2 aromatic rings. The highest BCUT2D eigenvalue weighted by atomic mass is 32.2. The van der Waals surface area contributed by atoms with E-state index in [-0.39, 0.29) is 10.5 Å². The molecule has 0 atom stereocenters. The summed E-state index contributed by atoms with van der Waals surface area (Å²) in [6, 6.07) is 12.9. The first kappa shape index (κ1) is 15.1. The van der Waals surface area contributed by atoms with Crippen LogP contribution in [0, 0.1) is 0 Å². The standard InChI is InChI=1S/C15H15NO4S/c1-16(12-9-7-11(8-10-12)15(17)18)13-5-3-4-6-14(13)21(2,19)20/h3-10H,1-2H3,(H,17,18). The van der Waals surface area contributed by atoms with E-state index in [9.17, 15) is 13.2 Å². The van der Waals surface area contributed by atoms with Crippen LogP contribution in [0.2, 0.25) is 0 Å². The van der Waals surface area contributed by atoms with Crippen LogP contribution in [-0.2, 0) is 9.84 Å². The van der Waals surface area contributed by atoms with Crippen molar-refractivity contribution >= 4 is 27.2 Å². The van der Waals surface area contributed by atoms with Crippen molar-refractivity contribution in [3.8, 4) is 0 Å². The third-order valence-electron chi connectivity index (χ3n) is 3.13. The zero-order valence-electron chi connectivity index (χ0n) is 11.6. The number of benzene rings is 2. The van der Waals surface area contributed by atoms with Crippen molar-refractivity contribution in [2.45, 2.75) is 4.90 Å². The quantitative estimate of drug-likeness (QED) is 0.939. The number of nitrogens with zero attached hydrogens (tertiary/aromatic N) is 1. The van der Waals surface area contributed by atoms with E-state index < -0.39 is 15.8 Å². The van der Waals surface area contributed by atoms with Crippen molar-refractivity contribution in [3.05, 3.63) is 54.1 Å². The van der Waals surface area contributed by atoms with Gasteiger partial charge in [0, 0.05) is 19.0 Å². The van der Waals surface area contributed by atoms with E-state index in [0.717, 1.165) is 6.26 Å². The molecule has 2 rings (SSSR count). The van der Waals surface area contributed by atoms with E-state index in [1.54, 1.807) is 48.3 Å². The van der Waals surface area contributed by atoms with Gasteiger partial charge in [-0.1, -0.05) is 12.1 Å². The van der Waals surface area contributed by atoms with Gasteiger partial charge in [0.2, 0.25) is 0 Å². The molecule has 1 N–H and O–H groups in total. The summed E-state index contributed by atoms with van der Waals surface area (Å²) < 4.78 is 23.7. The lowest BCUT2D eigenvalue weighted by molar-refractivity contribution is 0.0697. The molecular weight excluding hydrogens is 290 g/mol. The molecule has 5 nitrogen and oxygen atoms in total. The lowest BCUT2D eigenvalue weighted by Crippen LogP contribution is -2.13. The van der Waals surface area contributed by atoms with E-state index >= 15 is 0 Å². The summed E-state index contributed by atoms with van der Waals surface area (Å²) in [6.45, 7) is 0. The highest BCUT2D eigenvalue weighted by Gasteiger charge is 2.16. The van der Waals surface area contributed by atoms with Gasteiger partial charge in [-0.25, -0.2) is 13.2 Å². The van der Waals surface area contributed by atoms with Crippen molar-refractivity contribution in [1.29, 1.82) is 0 Å². The van der Waals surface area contributed by atoms with Crippen LogP contribution in [0.1, 0.15) is 10.4 Å². The van der Waals surface area contributed by atoms with Crippen LogP contribution in [0.5, 0.6) is 0 Å². The number of carboxylic acids is 1. The zero-order chi connectivity index (χ0) is 15.6. The Bertz CT molecular complexity index is 767. The molecular formula is C15H15NO4S. The molecule has 21 heavy (non-hydrogen) atoms. The predicted octanol–water partition coefficient (Wildman–Crippen LogP) is 2.56. The fraction of sp³-hybridized carbons (Fsp3) is 0.133. The number of hydrogen-bond donors (Lipinski definition) is 1. The van der Waals surface area contributed by atoms with Gasteiger partial charge < -0.3 is 10.0 Å². The summed E-state index contributed by atoms with van der Waals surface area (Å²) in [5.41, 5.74) is 1.43. The summed E-state index contributed by atoms with van der Waals surface area (Å²) >= 11 is 0. The number of carboxylic acid groups (broad SMARTS) is 1. The first-order chi connectivity index (χ1) is 9.80. The Morgan fingerprint density at radius 1 is 1.05 bits per heavy atom. The lowest BCUT2D eigenvalue weighted by atomic mass is 10.2. The van der Waals surface area contributed by atoms with Crippen molar-refractivity contribution in [1.82, 2.24) is 0 Å². The second-order valence-electron chi connectivity index (χ2n) is 4.65. The average molecular weight is 305 g/mol. The number of sulfone groups is 1. The van der Waals surface area contributed by atoms with Crippen LogP contribution in [0.15, 0.2) is 53.4 Å². The summed E-state index contributed by atoms with van der Waals surface area (Å²) in [7, 11) is -1.61. The molecule has 0 aliphatic carbocycles. The van der Waals surface area contributed by atoms with Crippen molar-refractivity contribution < 1.29 is 18.3 Å². The van der Waals surface area contributed by atoms with Gasteiger partial charge in [-0.05, 0) is 36.4 Å². The van der Waals surface area contributed by atoms with Gasteiger partial charge in [-0.15, -0.1) is 0 Å². The number of carbonyl (C=O) groups is 1. The molecule has 2 aromatic carbocycles. The van der Waals surface area contributed by atoms with Gasteiger partial charge in [-0.2, -0.15) is 0 Å². The highest BCUT2D eigenvalue weighted by molar-refractivity contribution is 7.90. The Labute approximate surface area is 123 Å². The Hall–Kier alpha value is -2.34. The first-order valence-electron chi connectivity index (χ1n) is 6.17. The minimum absolute atomic E-state index is 0.184. The van der Waals surface area contributed by atoms with Gasteiger partial charge >= 0.3 is 5.97 Å². The molecule has 6 heteroatoms. The Morgan fingerprint density at radius 3 is 2.14 bits per heavy atom. The van der Waals surface area contributed by atoms with Crippen LogP contribution in [-0.4, -0.2) is 32.8 Å². The molecule has 0 amide bonds. The van der Waals surface area contributed by atoms with Crippen molar-refractivity contribution in [2.75, 3.05) is 18.2 Å². The molecule has 0 heterocycles. The summed E-state index contributed by atoms with van der Waals surface area (Å²) in [6.07, 6.45) is 1.16. The van der Waals surface area contributed by atoms with E-state index in [0.29, 0.717) is 11.4 Å². The average Bonchev–Trinajstić information content (AvgIpc) is 2.45. The molecule has 0 unspecified atom stereocenters. The van der Waals surface area contributed by atoms with Crippen LogP contribution >= 0.6 is 0 Å². The zero-order valence-corrected chi connectivity index (χ0v) is 12.5. The fourth-order valence-corrected chi connectivity index (χ4v) is 2.93. The van der Waals surface area contributed by atoms with Crippen molar-refractivity contribution in [2.24, 2.45) is 0 Å². The number of para-hydroxylation sites is 1. The van der Waals surface area contributed by atoms with Crippen LogP contribution in [0.4, 0.5) is 11.4 Å². The maximum atomic E-state index is 11.8. The van der Waals surface area contributed by atoms with Crippen LogP contribution in [0.3, 0.4) is 0 Å². The molecule has 0 saturated carbocycles. The van der Waals surface area contributed by atoms with Gasteiger partial charge in [0.25, 0.3) is 0 Å². The second-order valence-corrected chi connectivity index (χ2v) is 6.64. The van der Waals surface area contributed by atoms with E-state index in [1.165, 1.54) is 12.1 Å². The summed E-state index contributed by atoms with van der Waals surface area (Å²) in [5, 5.41) is 8.89. The predicted molar refractivity (Wildman–Crippen MR) is 81.0 cm³/mol. The Balaban J connectivity index is 2.45. The van der Waals surface area contributed by atoms with E-state index in [2.05, 4.69) is 0 Å². The van der Waals surface area contributed by atoms with Crippen molar-refractivity contribution in [3.63, 3.8) is 0 Å². The third-order valence-corrected chi connectivity index (χ3v) is 4.27. The van der Waals surface area contributed by atoms with Gasteiger partial charge in [0.1, 0.15) is 0 Å². The molecule has 0 fully saturated rings. The van der Waals surface area contributed by atoms with E-state index in [4.69, 9.17) is 5.11 Å². The fourth-order valence-electron chi connectivity index (χ4n) is 2.01. The molecule has 0 aliphatic rings. The maximum Gasteiger partial charge on any atom is 0.335 e. The molecule has 0 spiro atoms.